The second kappa shape index (κ2) is 3.95. The Labute approximate surface area is 92.1 Å². The molecule has 2 nitrogen and oxygen atoms in total. The molecule has 82 valence electrons. The average Bonchev–Trinajstić information content (AvgIpc) is 2.16. The van der Waals surface area contributed by atoms with Crippen molar-refractivity contribution in [3.05, 3.63) is 35.4 Å². The zero-order chi connectivity index (χ0) is 10.9. The largest absolute Gasteiger partial charge is 0.326 e. The van der Waals surface area contributed by atoms with Crippen LogP contribution in [0.5, 0.6) is 0 Å². The minimum atomic E-state index is 0.525. The summed E-state index contributed by atoms with van der Waals surface area (Å²) in [6.45, 7) is 8.78. The molecule has 0 atom stereocenters. The highest BCUT2D eigenvalue weighted by Gasteiger charge is 2.33. The molecule has 1 heterocycles. The molecule has 1 aromatic carbocycles. The molecule has 0 aromatic heterocycles. The lowest BCUT2D eigenvalue weighted by Crippen LogP contribution is -2.52. The van der Waals surface area contributed by atoms with E-state index in [4.69, 9.17) is 5.73 Å². The Bertz CT molecular complexity index is 319. The fraction of sp³-hybridized carbons (Fsp3) is 0.538. The smallest absolute Gasteiger partial charge is 0.0234 e. The Morgan fingerprint density at radius 2 is 1.67 bits per heavy atom. The first-order chi connectivity index (χ1) is 7.09. The van der Waals surface area contributed by atoms with Gasteiger partial charge in [-0.15, -0.1) is 0 Å². The fourth-order valence-electron chi connectivity index (χ4n) is 2.32. The zero-order valence-corrected chi connectivity index (χ0v) is 9.66. The fourth-order valence-corrected chi connectivity index (χ4v) is 2.32. The Kier molecular flexibility index (Phi) is 2.81. The lowest BCUT2D eigenvalue weighted by atomic mass is 9.84. The molecule has 1 aromatic rings. The number of benzene rings is 1. The first-order valence-corrected chi connectivity index (χ1v) is 5.59. The number of nitrogens with zero attached hydrogens (tertiary/aromatic N) is 1. The maximum atomic E-state index is 5.56. The standard InChI is InChI=1S/C13H20N2/c1-13(2)9-15(10-13)8-12-5-3-11(7-14)4-6-12/h3-6H,7-10,14H2,1-2H3. The Hall–Kier alpha value is -0.860. The van der Waals surface area contributed by atoms with Crippen LogP contribution in [0.15, 0.2) is 24.3 Å². The Morgan fingerprint density at radius 3 is 2.13 bits per heavy atom. The van der Waals surface area contributed by atoms with Crippen LogP contribution in [0.2, 0.25) is 0 Å². The second-order valence-electron chi connectivity index (χ2n) is 5.33. The summed E-state index contributed by atoms with van der Waals surface area (Å²) in [7, 11) is 0. The van der Waals surface area contributed by atoms with Gasteiger partial charge in [-0.1, -0.05) is 38.1 Å². The van der Waals surface area contributed by atoms with Crippen molar-refractivity contribution >= 4 is 0 Å². The predicted octanol–water partition coefficient (Wildman–Crippen LogP) is 1.99. The minimum Gasteiger partial charge on any atom is -0.326 e. The molecular formula is C13H20N2. The quantitative estimate of drug-likeness (QED) is 0.816. The third kappa shape index (κ3) is 2.58. The van der Waals surface area contributed by atoms with Gasteiger partial charge >= 0.3 is 0 Å². The normalized spacial score (nSPS) is 19.9. The molecule has 0 spiro atoms. The van der Waals surface area contributed by atoms with E-state index in [0.29, 0.717) is 12.0 Å². The molecule has 0 radical (unpaired) electrons. The van der Waals surface area contributed by atoms with E-state index in [0.717, 1.165) is 6.54 Å². The minimum absolute atomic E-state index is 0.525. The van der Waals surface area contributed by atoms with Crippen molar-refractivity contribution in [1.29, 1.82) is 0 Å². The summed E-state index contributed by atoms with van der Waals surface area (Å²) in [5, 5.41) is 0. The Morgan fingerprint density at radius 1 is 1.13 bits per heavy atom. The monoisotopic (exact) mass is 204 g/mol. The molecule has 1 aliphatic heterocycles. The maximum Gasteiger partial charge on any atom is 0.0234 e. The maximum absolute atomic E-state index is 5.56. The first kappa shape index (κ1) is 10.7. The van der Waals surface area contributed by atoms with Crippen LogP contribution in [0, 0.1) is 5.41 Å². The van der Waals surface area contributed by atoms with Crippen LogP contribution in [-0.4, -0.2) is 18.0 Å². The predicted molar refractivity (Wildman–Crippen MR) is 63.4 cm³/mol. The van der Waals surface area contributed by atoms with Gasteiger partial charge in [0.2, 0.25) is 0 Å². The summed E-state index contributed by atoms with van der Waals surface area (Å²) >= 11 is 0. The van der Waals surface area contributed by atoms with Crippen molar-refractivity contribution < 1.29 is 0 Å². The van der Waals surface area contributed by atoms with E-state index in [2.05, 4.69) is 43.0 Å². The van der Waals surface area contributed by atoms with Gasteiger partial charge in [0.25, 0.3) is 0 Å². The van der Waals surface area contributed by atoms with Crippen LogP contribution in [0.3, 0.4) is 0 Å². The lowest BCUT2D eigenvalue weighted by Gasteiger charge is -2.46. The van der Waals surface area contributed by atoms with Gasteiger partial charge in [-0.3, -0.25) is 4.90 Å². The highest BCUT2D eigenvalue weighted by molar-refractivity contribution is 5.22. The van der Waals surface area contributed by atoms with Gasteiger partial charge in [0.05, 0.1) is 0 Å². The van der Waals surface area contributed by atoms with E-state index in [9.17, 15) is 0 Å². The molecule has 2 rings (SSSR count). The number of hydrogen-bond acceptors (Lipinski definition) is 2. The first-order valence-electron chi connectivity index (χ1n) is 5.59. The second-order valence-corrected chi connectivity index (χ2v) is 5.33. The van der Waals surface area contributed by atoms with E-state index in [1.807, 2.05) is 0 Å². The summed E-state index contributed by atoms with van der Waals surface area (Å²) in [5.41, 5.74) is 8.69. The van der Waals surface area contributed by atoms with Crippen molar-refractivity contribution in [2.75, 3.05) is 13.1 Å². The van der Waals surface area contributed by atoms with Crippen LogP contribution in [-0.2, 0) is 13.1 Å². The molecule has 0 aliphatic carbocycles. The molecule has 0 unspecified atom stereocenters. The van der Waals surface area contributed by atoms with Gasteiger partial charge in [-0.2, -0.15) is 0 Å². The van der Waals surface area contributed by atoms with Crippen LogP contribution in [0.1, 0.15) is 25.0 Å². The van der Waals surface area contributed by atoms with Gasteiger partial charge in [0, 0.05) is 26.2 Å². The average molecular weight is 204 g/mol. The molecule has 0 bridgehead atoms. The summed E-state index contributed by atoms with van der Waals surface area (Å²) in [6, 6.07) is 8.63. The highest BCUT2D eigenvalue weighted by Crippen LogP contribution is 2.29. The molecule has 0 amide bonds. The van der Waals surface area contributed by atoms with Crippen LogP contribution in [0.25, 0.3) is 0 Å². The van der Waals surface area contributed by atoms with E-state index in [1.54, 1.807) is 0 Å². The van der Waals surface area contributed by atoms with Crippen molar-refractivity contribution in [3.8, 4) is 0 Å². The molecule has 1 saturated heterocycles. The molecule has 2 heteroatoms. The van der Waals surface area contributed by atoms with Crippen LogP contribution in [0.4, 0.5) is 0 Å². The third-order valence-electron chi connectivity index (χ3n) is 2.97. The molecular weight excluding hydrogens is 184 g/mol. The molecule has 0 saturated carbocycles. The molecule has 1 fully saturated rings. The SMILES string of the molecule is CC1(C)CN(Cc2ccc(CN)cc2)C1. The summed E-state index contributed by atoms with van der Waals surface area (Å²) < 4.78 is 0. The third-order valence-corrected chi connectivity index (χ3v) is 2.97. The highest BCUT2D eigenvalue weighted by atomic mass is 15.2. The topological polar surface area (TPSA) is 29.3 Å². The number of nitrogens with two attached hydrogens (primary N) is 1. The Balaban J connectivity index is 1.89. The van der Waals surface area contributed by atoms with Gasteiger partial charge in [0.1, 0.15) is 0 Å². The van der Waals surface area contributed by atoms with Crippen molar-refractivity contribution in [1.82, 2.24) is 4.90 Å². The van der Waals surface area contributed by atoms with E-state index in [1.165, 1.54) is 24.2 Å². The van der Waals surface area contributed by atoms with E-state index >= 15 is 0 Å². The van der Waals surface area contributed by atoms with Crippen LogP contribution < -0.4 is 5.73 Å². The molecule has 15 heavy (non-hydrogen) atoms. The molecule has 1 aliphatic rings. The van der Waals surface area contributed by atoms with Crippen molar-refractivity contribution in [2.45, 2.75) is 26.9 Å². The van der Waals surface area contributed by atoms with Crippen molar-refractivity contribution in [3.63, 3.8) is 0 Å². The van der Waals surface area contributed by atoms with Crippen molar-refractivity contribution in [2.24, 2.45) is 11.1 Å². The molecule has 2 N–H and O–H groups in total. The summed E-state index contributed by atoms with van der Waals surface area (Å²) in [6.07, 6.45) is 0. The van der Waals surface area contributed by atoms with Gasteiger partial charge in [-0.25, -0.2) is 0 Å². The van der Waals surface area contributed by atoms with Gasteiger partial charge in [0.15, 0.2) is 0 Å². The summed E-state index contributed by atoms with van der Waals surface area (Å²) in [4.78, 5) is 2.48. The number of hydrogen-bond donors (Lipinski definition) is 1. The van der Waals surface area contributed by atoms with Gasteiger partial charge in [-0.05, 0) is 16.5 Å². The number of rotatable bonds is 3. The van der Waals surface area contributed by atoms with Crippen LogP contribution >= 0.6 is 0 Å². The van der Waals surface area contributed by atoms with Gasteiger partial charge < -0.3 is 5.73 Å². The van der Waals surface area contributed by atoms with E-state index < -0.39 is 0 Å². The lowest BCUT2D eigenvalue weighted by molar-refractivity contribution is 0.0242. The number of likely N-dealkylation sites (tertiary alicyclic amines) is 1. The van der Waals surface area contributed by atoms with E-state index in [-0.39, 0.29) is 0 Å². The summed E-state index contributed by atoms with van der Waals surface area (Å²) in [5.74, 6) is 0. The zero-order valence-electron chi connectivity index (χ0n) is 9.66.